The molecule has 0 saturated heterocycles. The van der Waals surface area contributed by atoms with Gasteiger partial charge >= 0.3 is 17.8 Å². The summed E-state index contributed by atoms with van der Waals surface area (Å²) in [5.41, 5.74) is -2.53. The number of hydrogen-bond acceptors (Lipinski definition) is 4. The van der Waals surface area contributed by atoms with Crippen molar-refractivity contribution in [1.29, 1.82) is 0 Å². The minimum absolute atomic E-state index is 0.0251. The van der Waals surface area contributed by atoms with Crippen LogP contribution < -0.4 is 5.69 Å². The van der Waals surface area contributed by atoms with E-state index >= 15 is 0 Å². The molecular weight excluding hydrogens is 309 g/mol. The maximum atomic E-state index is 12.5. The summed E-state index contributed by atoms with van der Waals surface area (Å²) in [5, 5.41) is 10.4. The largest absolute Gasteiger partial charge is 0.478 e. The van der Waals surface area contributed by atoms with Crippen LogP contribution in [0.4, 0.5) is 13.2 Å². The second-order valence-corrected chi connectivity index (χ2v) is 4.81. The van der Waals surface area contributed by atoms with Gasteiger partial charge in [0, 0.05) is 4.88 Å². The summed E-state index contributed by atoms with van der Waals surface area (Å²) >= 11 is 1.11. The number of hydrogen-bond donors (Lipinski definition) is 2. The molecule has 2 N–H and O–H groups in total. The molecule has 2 aromatic heterocycles. The van der Waals surface area contributed by atoms with Crippen molar-refractivity contribution in [3.63, 3.8) is 0 Å². The smallest absolute Gasteiger partial charge is 0.431 e. The van der Waals surface area contributed by atoms with Crippen LogP contribution in [-0.2, 0) is 6.18 Å². The van der Waals surface area contributed by atoms with E-state index in [0.717, 1.165) is 17.4 Å². The minimum Gasteiger partial charge on any atom is -0.478 e. The van der Waals surface area contributed by atoms with Gasteiger partial charge in [-0.15, -0.1) is 11.3 Å². The number of carbonyl (C=O) groups is 1. The van der Waals surface area contributed by atoms with Crippen LogP contribution in [0.15, 0.2) is 22.3 Å². The third-order valence-electron chi connectivity index (χ3n) is 2.40. The van der Waals surface area contributed by atoms with Crippen molar-refractivity contribution >= 4 is 29.5 Å². The predicted octanol–water partition coefficient (Wildman–Crippen LogP) is 2.72. The van der Waals surface area contributed by atoms with E-state index in [1.54, 1.807) is 4.98 Å². The monoisotopic (exact) mass is 316 g/mol. The summed E-state index contributed by atoms with van der Waals surface area (Å²) in [4.78, 5) is 27.3. The van der Waals surface area contributed by atoms with Crippen LogP contribution in [0, 0.1) is 0 Å². The SMILES string of the molecule is O=C(O)c1ccsc1/C=C/c1cc(C(F)(F)F)[nH]c(=O)n1. The van der Waals surface area contributed by atoms with Gasteiger partial charge in [-0.2, -0.15) is 18.2 Å². The van der Waals surface area contributed by atoms with Gasteiger partial charge in [-0.25, -0.2) is 9.59 Å². The second kappa shape index (κ2) is 5.52. The summed E-state index contributed by atoms with van der Waals surface area (Å²) in [7, 11) is 0. The molecule has 0 bridgehead atoms. The first kappa shape index (κ1) is 15.0. The number of H-pyrrole nitrogens is 1. The number of aromatic nitrogens is 2. The fraction of sp³-hybridized carbons (Fsp3) is 0.0833. The lowest BCUT2D eigenvalue weighted by Crippen LogP contribution is -2.19. The van der Waals surface area contributed by atoms with E-state index in [4.69, 9.17) is 5.11 Å². The normalized spacial score (nSPS) is 12.0. The van der Waals surface area contributed by atoms with Gasteiger partial charge in [0.1, 0.15) is 5.69 Å². The fourth-order valence-electron chi connectivity index (χ4n) is 1.50. The third kappa shape index (κ3) is 3.57. The van der Waals surface area contributed by atoms with Crippen molar-refractivity contribution < 1.29 is 23.1 Å². The highest BCUT2D eigenvalue weighted by molar-refractivity contribution is 7.11. The Kier molecular flexibility index (Phi) is 3.94. The van der Waals surface area contributed by atoms with Gasteiger partial charge in [0.25, 0.3) is 0 Å². The molecule has 0 aromatic carbocycles. The van der Waals surface area contributed by atoms with Crippen molar-refractivity contribution in [2.75, 3.05) is 0 Å². The van der Waals surface area contributed by atoms with Crippen molar-refractivity contribution in [1.82, 2.24) is 9.97 Å². The Hall–Kier alpha value is -2.42. The van der Waals surface area contributed by atoms with E-state index in [1.807, 2.05) is 0 Å². The van der Waals surface area contributed by atoms with Crippen molar-refractivity contribution in [3.05, 3.63) is 49.8 Å². The summed E-state index contributed by atoms with van der Waals surface area (Å²) in [6.45, 7) is 0. The molecule has 0 amide bonds. The molecular formula is C12H7F3N2O3S. The Labute approximate surface area is 119 Å². The topological polar surface area (TPSA) is 83.0 Å². The van der Waals surface area contributed by atoms with Crippen molar-refractivity contribution in [2.45, 2.75) is 6.18 Å². The molecule has 0 unspecified atom stereocenters. The van der Waals surface area contributed by atoms with Crippen LogP contribution in [-0.4, -0.2) is 21.0 Å². The zero-order valence-electron chi connectivity index (χ0n) is 10.1. The van der Waals surface area contributed by atoms with E-state index in [1.165, 1.54) is 17.5 Å². The number of aromatic amines is 1. The Morgan fingerprint density at radius 3 is 2.71 bits per heavy atom. The Morgan fingerprint density at radius 2 is 2.10 bits per heavy atom. The first-order chi connectivity index (χ1) is 9.77. The molecule has 2 aromatic rings. The number of alkyl halides is 3. The van der Waals surface area contributed by atoms with E-state index in [2.05, 4.69) is 4.98 Å². The maximum Gasteiger partial charge on any atom is 0.431 e. The second-order valence-electron chi connectivity index (χ2n) is 3.86. The van der Waals surface area contributed by atoms with Crippen LogP contribution in [0.3, 0.4) is 0 Å². The summed E-state index contributed by atoms with van der Waals surface area (Å²) in [5.74, 6) is -1.15. The lowest BCUT2D eigenvalue weighted by atomic mass is 10.2. The summed E-state index contributed by atoms with van der Waals surface area (Å²) in [6, 6.07) is 2.05. The van der Waals surface area contributed by atoms with E-state index in [-0.39, 0.29) is 11.3 Å². The number of carboxylic acids is 1. The van der Waals surface area contributed by atoms with Crippen LogP contribution >= 0.6 is 11.3 Å². The number of nitrogens with one attached hydrogen (secondary N) is 1. The van der Waals surface area contributed by atoms with E-state index in [0.29, 0.717) is 10.9 Å². The van der Waals surface area contributed by atoms with Crippen LogP contribution in [0.25, 0.3) is 12.2 Å². The van der Waals surface area contributed by atoms with Gasteiger partial charge in [-0.3, -0.25) is 0 Å². The van der Waals surface area contributed by atoms with Crippen LogP contribution in [0.1, 0.15) is 26.6 Å². The molecule has 0 spiro atoms. The fourth-order valence-corrected chi connectivity index (χ4v) is 2.28. The zero-order valence-corrected chi connectivity index (χ0v) is 11.0. The van der Waals surface area contributed by atoms with Gasteiger partial charge in [-0.1, -0.05) is 0 Å². The molecule has 5 nitrogen and oxygen atoms in total. The summed E-state index contributed by atoms with van der Waals surface area (Å²) < 4.78 is 37.6. The molecule has 0 aliphatic carbocycles. The van der Waals surface area contributed by atoms with Crippen molar-refractivity contribution in [3.8, 4) is 0 Å². The van der Waals surface area contributed by atoms with Gasteiger partial charge in [0.2, 0.25) is 0 Å². The molecule has 0 aliphatic rings. The van der Waals surface area contributed by atoms with Crippen LogP contribution in [0.5, 0.6) is 0 Å². The molecule has 2 rings (SSSR count). The lowest BCUT2D eigenvalue weighted by molar-refractivity contribution is -0.141. The molecule has 0 fully saturated rings. The highest BCUT2D eigenvalue weighted by Gasteiger charge is 2.32. The third-order valence-corrected chi connectivity index (χ3v) is 3.28. The number of thiophene rings is 1. The molecule has 21 heavy (non-hydrogen) atoms. The standard InChI is InChI=1S/C12H7F3N2O3S/c13-12(14,15)9-5-6(16-11(20)17-9)1-2-8-7(10(18)19)3-4-21-8/h1-5H,(H,18,19)(H,16,17,20)/b2-1+. The minimum atomic E-state index is -4.69. The quantitative estimate of drug-likeness (QED) is 0.912. The molecule has 0 saturated carbocycles. The van der Waals surface area contributed by atoms with Crippen LogP contribution in [0.2, 0.25) is 0 Å². The molecule has 0 atom stereocenters. The molecule has 0 radical (unpaired) electrons. The Bertz CT molecular complexity index is 762. The molecule has 110 valence electrons. The molecule has 0 aliphatic heterocycles. The number of carboxylic acid groups (broad SMARTS) is 1. The number of rotatable bonds is 3. The number of nitrogens with zero attached hydrogens (tertiary/aromatic N) is 1. The van der Waals surface area contributed by atoms with Gasteiger partial charge in [0.05, 0.1) is 11.3 Å². The van der Waals surface area contributed by atoms with E-state index in [9.17, 15) is 22.8 Å². The number of halogens is 3. The molecule has 2 heterocycles. The molecule has 9 heteroatoms. The summed E-state index contributed by atoms with van der Waals surface area (Å²) in [6.07, 6.45) is -2.24. The lowest BCUT2D eigenvalue weighted by Gasteiger charge is -2.05. The Balaban J connectivity index is 2.38. The van der Waals surface area contributed by atoms with Gasteiger partial charge in [-0.05, 0) is 29.7 Å². The predicted molar refractivity (Wildman–Crippen MR) is 70.1 cm³/mol. The Morgan fingerprint density at radius 1 is 1.38 bits per heavy atom. The highest BCUT2D eigenvalue weighted by Crippen LogP contribution is 2.27. The average Bonchev–Trinajstić information content (AvgIpc) is 2.83. The number of aromatic carboxylic acids is 1. The van der Waals surface area contributed by atoms with Gasteiger partial charge in [0.15, 0.2) is 0 Å². The first-order valence-electron chi connectivity index (χ1n) is 5.45. The highest BCUT2D eigenvalue weighted by atomic mass is 32.1. The van der Waals surface area contributed by atoms with Crippen molar-refractivity contribution in [2.24, 2.45) is 0 Å². The van der Waals surface area contributed by atoms with Gasteiger partial charge < -0.3 is 10.1 Å². The maximum absolute atomic E-state index is 12.5. The van der Waals surface area contributed by atoms with E-state index < -0.39 is 23.5 Å². The zero-order chi connectivity index (χ0) is 15.6. The average molecular weight is 316 g/mol. The first-order valence-corrected chi connectivity index (χ1v) is 6.33.